The van der Waals surface area contributed by atoms with Gasteiger partial charge in [0.05, 0.1) is 38.1 Å². The first kappa shape index (κ1) is 52.8. The standard InChI is InChI=1S/C48H82O18/c1-21(2)17-26(52)32(53)22(3)23-11-15-48(8)25-9-10-30-45(4,5)31(13-14-46(30,6)24(25)12-16-47(23,48)7)64-44-41(66-43-39(60)37(58)34(55)28(19-50)62-43)40(35(56)29(20-51)63-44)65-42-38(59)36(57)33(54)27(18-49)61-42/h17,22-44,49-60H,9-16,18-20H2,1-8H3/t22-,23+,24-,25+,26+,27-,28-,29+,30+,31+,32-,33-,34-,35+,36-,37+,38+,39+,40-,41+,42+,43+,44-,46+,47+,48-/m1/s1. The molecule has 0 radical (unpaired) electrons. The van der Waals surface area contributed by atoms with Crippen LogP contribution in [-0.4, -0.2) is 192 Å². The van der Waals surface area contributed by atoms with Crippen molar-refractivity contribution in [2.45, 2.75) is 217 Å². The molecule has 7 fully saturated rings. The zero-order valence-electron chi connectivity index (χ0n) is 40.0. The van der Waals surface area contributed by atoms with Gasteiger partial charge in [-0.1, -0.05) is 53.2 Å². The van der Waals surface area contributed by atoms with E-state index in [-0.39, 0.29) is 34.0 Å². The Morgan fingerprint density at radius 1 is 0.576 bits per heavy atom. The van der Waals surface area contributed by atoms with Gasteiger partial charge in [-0.05, 0) is 116 Å². The summed E-state index contributed by atoms with van der Waals surface area (Å²) >= 11 is 0. The highest BCUT2D eigenvalue weighted by atomic mass is 16.8. The van der Waals surface area contributed by atoms with E-state index in [0.717, 1.165) is 50.5 Å². The van der Waals surface area contributed by atoms with Crippen LogP contribution in [-0.2, 0) is 28.4 Å². The van der Waals surface area contributed by atoms with Gasteiger partial charge in [-0.3, -0.25) is 0 Å². The molecular formula is C48H82O18. The summed E-state index contributed by atoms with van der Waals surface area (Å²) in [6, 6.07) is 0. The molecule has 7 aliphatic rings. The van der Waals surface area contributed by atoms with Gasteiger partial charge in [0.2, 0.25) is 0 Å². The molecule has 12 N–H and O–H groups in total. The van der Waals surface area contributed by atoms with Gasteiger partial charge in [-0.25, -0.2) is 0 Å². The molecule has 7 rings (SSSR count). The number of aliphatic hydroxyl groups excluding tert-OH is 12. The average molecular weight is 947 g/mol. The fraction of sp³-hybridized carbons (Fsp3) is 0.958. The second kappa shape index (κ2) is 19.9. The molecule has 18 nitrogen and oxygen atoms in total. The molecular weight excluding hydrogens is 865 g/mol. The smallest absolute Gasteiger partial charge is 0.187 e. The fourth-order valence-electron chi connectivity index (χ4n) is 14.9. The molecule has 3 saturated heterocycles. The largest absolute Gasteiger partial charge is 0.394 e. The maximum Gasteiger partial charge on any atom is 0.187 e. The van der Waals surface area contributed by atoms with Crippen molar-refractivity contribution in [1.29, 1.82) is 0 Å². The summed E-state index contributed by atoms with van der Waals surface area (Å²) < 4.78 is 37.0. The molecule has 0 aromatic carbocycles. The predicted molar refractivity (Wildman–Crippen MR) is 234 cm³/mol. The highest BCUT2D eigenvalue weighted by Crippen LogP contribution is 2.75. The summed E-state index contributed by atoms with van der Waals surface area (Å²) in [5, 5.41) is 129. The van der Waals surface area contributed by atoms with Crippen molar-refractivity contribution in [3.05, 3.63) is 11.6 Å². The number of ether oxygens (including phenoxy) is 6. The Bertz CT molecular complexity index is 1660. The lowest BCUT2D eigenvalue weighted by atomic mass is 9.38. The highest BCUT2D eigenvalue weighted by molar-refractivity contribution is 5.17. The quantitative estimate of drug-likeness (QED) is 0.0843. The minimum absolute atomic E-state index is 0.0192. The molecule has 26 atom stereocenters. The number of fused-ring (bicyclic) bond motifs is 5. The monoisotopic (exact) mass is 947 g/mol. The third-order valence-corrected chi connectivity index (χ3v) is 18.9. The van der Waals surface area contributed by atoms with E-state index >= 15 is 0 Å². The van der Waals surface area contributed by atoms with Crippen LogP contribution in [0, 0.1) is 51.2 Å². The average Bonchev–Trinajstić information content (AvgIpc) is 3.56. The molecule has 0 aromatic heterocycles. The molecule has 4 aliphatic carbocycles. The summed E-state index contributed by atoms with van der Waals surface area (Å²) in [5.74, 6) is 1.23. The van der Waals surface area contributed by atoms with E-state index in [1.807, 2.05) is 13.8 Å². The van der Waals surface area contributed by atoms with Crippen molar-refractivity contribution in [2.24, 2.45) is 51.2 Å². The van der Waals surface area contributed by atoms with Crippen molar-refractivity contribution >= 4 is 0 Å². The SMILES string of the molecule is CC(C)=C[C@H](O)[C@H](O)[C@H](C)[C@@H]1CC[C@]2(C)[C@H]3CC[C@H]4C(C)(C)[C@@H](O[C@H]5O[C@@H](CO)[C@H](O)[C@@H](O[C@@H]6O[C@H](CO)[C@@H](O)[C@@H](O)[C@@H]6O)[C@@H]5O[C@@H]5O[C@H](CO)[C@@H](O)[C@H](O)[C@@H]5O)CC[C@@]4(C)[C@@H]3CC[C@@]12C. The minimum atomic E-state index is -1.90. The van der Waals surface area contributed by atoms with Gasteiger partial charge in [0.1, 0.15) is 73.2 Å². The van der Waals surface area contributed by atoms with Gasteiger partial charge in [0, 0.05) is 0 Å². The van der Waals surface area contributed by atoms with Gasteiger partial charge in [0.25, 0.3) is 0 Å². The number of rotatable bonds is 13. The van der Waals surface area contributed by atoms with E-state index in [0.29, 0.717) is 18.3 Å². The summed E-state index contributed by atoms with van der Waals surface area (Å²) in [5.41, 5.74) is 0.414. The van der Waals surface area contributed by atoms with Crippen LogP contribution in [0.5, 0.6) is 0 Å². The lowest BCUT2D eigenvalue weighted by Gasteiger charge is -2.68. The van der Waals surface area contributed by atoms with Crippen molar-refractivity contribution in [3.63, 3.8) is 0 Å². The van der Waals surface area contributed by atoms with Crippen LogP contribution in [0.3, 0.4) is 0 Å². The lowest BCUT2D eigenvalue weighted by molar-refractivity contribution is -0.399. The molecule has 18 heteroatoms. The molecule has 0 bridgehead atoms. The van der Waals surface area contributed by atoms with E-state index < -0.39 is 136 Å². The third kappa shape index (κ3) is 8.90. The van der Waals surface area contributed by atoms with Crippen molar-refractivity contribution in [1.82, 2.24) is 0 Å². The van der Waals surface area contributed by atoms with Crippen LogP contribution in [0.1, 0.15) is 107 Å². The Hall–Kier alpha value is -0.980. The maximum absolute atomic E-state index is 11.7. The topological polar surface area (TPSA) is 298 Å². The van der Waals surface area contributed by atoms with Crippen LogP contribution >= 0.6 is 0 Å². The summed E-state index contributed by atoms with van der Waals surface area (Å²) in [6.07, 6.45) is -18.1. The van der Waals surface area contributed by atoms with E-state index in [9.17, 15) is 61.3 Å². The second-order valence-corrected chi connectivity index (χ2v) is 22.7. The van der Waals surface area contributed by atoms with E-state index in [1.54, 1.807) is 6.08 Å². The number of allylic oxidation sites excluding steroid dienone is 1. The van der Waals surface area contributed by atoms with Gasteiger partial charge in [0.15, 0.2) is 18.9 Å². The fourth-order valence-corrected chi connectivity index (χ4v) is 14.9. The minimum Gasteiger partial charge on any atom is -0.394 e. The second-order valence-electron chi connectivity index (χ2n) is 22.7. The molecule has 382 valence electrons. The first-order valence-corrected chi connectivity index (χ1v) is 24.4. The Labute approximate surface area is 388 Å². The van der Waals surface area contributed by atoms with Gasteiger partial charge in [-0.15, -0.1) is 0 Å². The first-order valence-electron chi connectivity index (χ1n) is 24.4. The molecule has 4 saturated carbocycles. The van der Waals surface area contributed by atoms with E-state index in [2.05, 4.69) is 41.5 Å². The summed E-state index contributed by atoms with van der Waals surface area (Å²) in [6.45, 7) is 15.4. The molecule has 0 spiro atoms. The van der Waals surface area contributed by atoms with Crippen molar-refractivity contribution < 1.29 is 89.7 Å². The molecule has 0 unspecified atom stereocenters. The Morgan fingerprint density at radius 3 is 1.64 bits per heavy atom. The van der Waals surface area contributed by atoms with Crippen molar-refractivity contribution in [3.8, 4) is 0 Å². The number of hydrogen-bond acceptors (Lipinski definition) is 18. The molecule has 0 aromatic rings. The molecule has 0 amide bonds. The maximum atomic E-state index is 11.7. The van der Waals surface area contributed by atoms with E-state index in [1.165, 1.54) is 0 Å². The van der Waals surface area contributed by atoms with Crippen LogP contribution in [0.2, 0.25) is 0 Å². The van der Waals surface area contributed by atoms with Gasteiger partial charge < -0.3 is 89.7 Å². The zero-order chi connectivity index (χ0) is 48.6. The van der Waals surface area contributed by atoms with Gasteiger partial charge in [-0.2, -0.15) is 0 Å². The van der Waals surface area contributed by atoms with Gasteiger partial charge >= 0.3 is 0 Å². The number of aliphatic hydroxyl groups is 12. The Balaban J connectivity index is 1.15. The van der Waals surface area contributed by atoms with Crippen LogP contribution < -0.4 is 0 Å². The third-order valence-electron chi connectivity index (χ3n) is 18.9. The van der Waals surface area contributed by atoms with Crippen molar-refractivity contribution in [2.75, 3.05) is 19.8 Å². The van der Waals surface area contributed by atoms with Crippen LogP contribution in [0.15, 0.2) is 11.6 Å². The van der Waals surface area contributed by atoms with Crippen LogP contribution in [0.4, 0.5) is 0 Å². The highest BCUT2D eigenvalue weighted by Gasteiger charge is 2.68. The normalized spacial score (nSPS) is 51.8. The van der Waals surface area contributed by atoms with Crippen LogP contribution in [0.25, 0.3) is 0 Å². The summed E-state index contributed by atoms with van der Waals surface area (Å²) in [7, 11) is 0. The Kier molecular flexibility index (Phi) is 15.9. The predicted octanol–water partition coefficient (Wildman–Crippen LogP) is -0.171. The molecule has 3 heterocycles. The first-order chi connectivity index (χ1) is 30.9. The summed E-state index contributed by atoms with van der Waals surface area (Å²) in [4.78, 5) is 0. The molecule has 66 heavy (non-hydrogen) atoms. The zero-order valence-corrected chi connectivity index (χ0v) is 40.0. The number of hydrogen-bond donors (Lipinski definition) is 12. The lowest BCUT2D eigenvalue weighted by Crippen LogP contribution is -2.68. The molecule has 3 aliphatic heterocycles. The van der Waals surface area contributed by atoms with E-state index in [4.69, 9.17) is 28.4 Å². The Morgan fingerprint density at radius 2 is 1.09 bits per heavy atom.